The molecule has 0 aromatic heterocycles. The fourth-order valence-electron chi connectivity index (χ4n) is 2.23. The summed E-state index contributed by atoms with van der Waals surface area (Å²) in [4.78, 5) is 1.78. The summed E-state index contributed by atoms with van der Waals surface area (Å²) < 4.78 is 5.67. The smallest absolute Gasteiger partial charge is 0.194 e. The summed E-state index contributed by atoms with van der Waals surface area (Å²) in [7, 11) is 1.87. The fraction of sp³-hybridized carbons (Fsp3) is 0.900. The van der Waals surface area contributed by atoms with E-state index in [1.807, 2.05) is 7.05 Å². The number of hydrogen-bond acceptors (Lipinski definition) is 2. The van der Waals surface area contributed by atoms with Gasteiger partial charge in [0.2, 0.25) is 0 Å². The summed E-state index contributed by atoms with van der Waals surface area (Å²) in [6.45, 7) is 0.549. The Morgan fingerprint density at radius 1 is 1.36 bits per heavy atom. The Bertz CT molecular complexity index is 213. The van der Waals surface area contributed by atoms with Crippen LogP contribution in [-0.4, -0.2) is 30.9 Å². The summed E-state index contributed by atoms with van der Waals surface area (Å²) >= 11 is 0. The van der Waals surface area contributed by atoms with Gasteiger partial charge in [-0.1, -0.05) is 19.3 Å². The number of ether oxygens (including phenoxy) is 1. The number of nitrogens with one attached hydrogen (secondary N) is 2. The van der Waals surface area contributed by atoms with Crippen LogP contribution < -0.4 is 5.32 Å². The van der Waals surface area contributed by atoms with Gasteiger partial charge in [-0.25, -0.2) is 0 Å². The van der Waals surface area contributed by atoms with Gasteiger partial charge in [0, 0.05) is 13.0 Å². The predicted molar refractivity (Wildman–Crippen MR) is 54.9 cm³/mol. The molecule has 80 valence electrons. The van der Waals surface area contributed by atoms with E-state index in [0.29, 0.717) is 18.6 Å². The van der Waals surface area contributed by atoms with Crippen molar-refractivity contribution in [1.82, 2.24) is 10.2 Å². The van der Waals surface area contributed by atoms with Crippen molar-refractivity contribution in [1.29, 1.82) is 5.41 Å². The third-order valence-corrected chi connectivity index (χ3v) is 3.19. The van der Waals surface area contributed by atoms with Crippen molar-refractivity contribution in [3.05, 3.63) is 0 Å². The quantitative estimate of drug-likeness (QED) is 0.667. The third-order valence-electron chi connectivity index (χ3n) is 3.19. The van der Waals surface area contributed by atoms with Gasteiger partial charge in [-0.05, 0) is 12.8 Å². The Kier molecular flexibility index (Phi) is 2.91. The first kappa shape index (κ1) is 9.77. The lowest BCUT2D eigenvalue weighted by atomic mass is 9.88. The van der Waals surface area contributed by atoms with Gasteiger partial charge in [0.25, 0.3) is 0 Å². The van der Waals surface area contributed by atoms with Gasteiger partial charge in [-0.15, -0.1) is 0 Å². The van der Waals surface area contributed by atoms with Crippen LogP contribution in [0.4, 0.5) is 0 Å². The molecule has 0 spiro atoms. The van der Waals surface area contributed by atoms with E-state index in [2.05, 4.69) is 5.32 Å². The number of hydrogen-bond donors (Lipinski definition) is 2. The molecule has 2 aliphatic rings. The largest absolute Gasteiger partial charge is 0.338 e. The first-order chi connectivity index (χ1) is 6.77. The topological polar surface area (TPSA) is 48.4 Å². The average molecular weight is 197 g/mol. The maximum absolute atomic E-state index is 7.68. The average Bonchev–Trinajstić information content (AvgIpc) is 2.23. The molecule has 1 heterocycles. The van der Waals surface area contributed by atoms with Crippen molar-refractivity contribution in [2.75, 3.05) is 13.8 Å². The Morgan fingerprint density at radius 3 is 2.71 bits per heavy atom. The van der Waals surface area contributed by atoms with Gasteiger partial charge in [-0.2, -0.15) is 0 Å². The fourth-order valence-corrected chi connectivity index (χ4v) is 2.23. The second kappa shape index (κ2) is 4.17. The van der Waals surface area contributed by atoms with Crippen LogP contribution >= 0.6 is 0 Å². The van der Waals surface area contributed by atoms with E-state index in [1.165, 1.54) is 32.1 Å². The number of rotatable bonds is 1. The molecule has 0 amide bonds. The SMILES string of the molecule is CN1CO[C@@H](C2CCCCC2)NC1=N. The van der Waals surface area contributed by atoms with E-state index in [4.69, 9.17) is 10.1 Å². The van der Waals surface area contributed by atoms with Gasteiger partial charge < -0.3 is 15.0 Å². The summed E-state index contributed by atoms with van der Waals surface area (Å²) in [5, 5.41) is 10.8. The molecule has 1 saturated carbocycles. The molecule has 0 bridgehead atoms. The van der Waals surface area contributed by atoms with Crippen molar-refractivity contribution in [2.24, 2.45) is 5.92 Å². The van der Waals surface area contributed by atoms with Crippen molar-refractivity contribution < 1.29 is 4.74 Å². The third kappa shape index (κ3) is 2.00. The Labute approximate surface area is 85.1 Å². The molecule has 0 aromatic rings. The monoisotopic (exact) mass is 197 g/mol. The predicted octanol–water partition coefficient (Wildman–Crippen LogP) is 1.34. The maximum atomic E-state index is 7.68. The van der Waals surface area contributed by atoms with Gasteiger partial charge >= 0.3 is 0 Å². The molecule has 4 nitrogen and oxygen atoms in total. The van der Waals surface area contributed by atoms with Crippen molar-refractivity contribution >= 4 is 5.96 Å². The van der Waals surface area contributed by atoms with Crippen molar-refractivity contribution in [3.63, 3.8) is 0 Å². The summed E-state index contributed by atoms with van der Waals surface area (Å²) in [6, 6.07) is 0. The molecule has 1 atom stereocenters. The molecule has 0 unspecified atom stereocenters. The standard InChI is InChI=1S/C10H19N3O/c1-13-7-14-9(12-10(13)11)8-5-3-2-4-6-8/h8-9H,2-7H2,1H3,(H2,11,12)/t9-/m0/s1. The highest BCUT2D eigenvalue weighted by Crippen LogP contribution is 2.27. The molecule has 2 fully saturated rings. The molecule has 1 saturated heterocycles. The van der Waals surface area contributed by atoms with E-state index in [1.54, 1.807) is 4.90 Å². The van der Waals surface area contributed by atoms with E-state index in [-0.39, 0.29) is 6.23 Å². The number of guanidine groups is 1. The normalized spacial score (nSPS) is 30.2. The zero-order valence-corrected chi connectivity index (χ0v) is 8.75. The van der Waals surface area contributed by atoms with Crippen LogP contribution in [0.5, 0.6) is 0 Å². The van der Waals surface area contributed by atoms with Crippen LogP contribution in [0.15, 0.2) is 0 Å². The van der Waals surface area contributed by atoms with E-state index >= 15 is 0 Å². The molecule has 14 heavy (non-hydrogen) atoms. The molecular weight excluding hydrogens is 178 g/mol. The molecule has 2 N–H and O–H groups in total. The summed E-state index contributed by atoms with van der Waals surface area (Å²) in [5.41, 5.74) is 0. The van der Waals surface area contributed by atoms with Gasteiger partial charge in [0.15, 0.2) is 5.96 Å². The van der Waals surface area contributed by atoms with Crippen LogP contribution in [0.25, 0.3) is 0 Å². The molecule has 2 rings (SSSR count). The second-order valence-electron chi connectivity index (χ2n) is 4.31. The second-order valence-corrected chi connectivity index (χ2v) is 4.31. The van der Waals surface area contributed by atoms with E-state index in [9.17, 15) is 0 Å². The number of nitrogens with zero attached hydrogens (tertiary/aromatic N) is 1. The van der Waals surface area contributed by atoms with Crippen LogP contribution in [0.2, 0.25) is 0 Å². The molecular formula is C10H19N3O. The zero-order chi connectivity index (χ0) is 9.97. The maximum Gasteiger partial charge on any atom is 0.194 e. The highest BCUT2D eigenvalue weighted by atomic mass is 16.5. The van der Waals surface area contributed by atoms with Gasteiger partial charge in [0.1, 0.15) is 13.0 Å². The summed E-state index contributed by atoms with van der Waals surface area (Å²) in [6.07, 6.45) is 6.56. The molecule has 4 heteroatoms. The van der Waals surface area contributed by atoms with E-state index in [0.717, 1.165) is 0 Å². The van der Waals surface area contributed by atoms with Gasteiger partial charge in [0.05, 0.1) is 0 Å². The molecule has 1 aliphatic carbocycles. The van der Waals surface area contributed by atoms with Gasteiger partial charge in [-0.3, -0.25) is 5.41 Å². The highest BCUT2D eigenvalue weighted by molar-refractivity contribution is 5.76. The lowest BCUT2D eigenvalue weighted by Crippen LogP contribution is -2.54. The van der Waals surface area contributed by atoms with Crippen molar-refractivity contribution in [3.8, 4) is 0 Å². The van der Waals surface area contributed by atoms with E-state index < -0.39 is 0 Å². The van der Waals surface area contributed by atoms with Crippen LogP contribution in [0, 0.1) is 11.3 Å². The van der Waals surface area contributed by atoms with Crippen LogP contribution in [-0.2, 0) is 4.74 Å². The summed E-state index contributed by atoms with van der Waals surface area (Å²) in [5.74, 6) is 1.10. The minimum atomic E-state index is 0.0824. The molecule has 0 radical (unpaired) electrons. The zero-order valence-electron chi connectivity index (χ0n) is 8.75. The highest BCUT2D eigenvalue weighted by Gasteiger charge is 2.28. The Balaban J connectivity index is 1.88. The Hall–Kier alpha value is -0.770. The lowest BCUT2D eigenvalue weighted by Gasteiger charge is -2.38. The van der Waals surface area contributed by atoms with Crippen LogP contribution in [0.1, 0.15) is 32.1 Å². The molecule has 1 aliphatic heterocycles. The lowest BCUT2D eigenvalue weighted by molar-refractivity contribution is -0.0628. The van der Waals surface area contributed by atoms with Crippen molar-refractivity contribution in [2.45, 2.75) is 38.3 Å². The minimum Gasteiger partial charge on any atom is -0.338 e. The molecule has 0 aromatic carbocycles. The minimum absolute atomic E-state index is 0.0824. The van der Waals surface area contributed by atoms with Crippen LogP contribution in [0.3, 0.4) is 0 Å². The first-order valence-corrected chi connectivity index (χ1v) is 5.45. The first-order valence-electron chi connectivity index (χ1n) is 5.45. The Morgan fingerprint density at radius 2 is 2.07 bits per heavy atom.